The monoisotopic (exact) mass is 534 g/mol. The van der Waals surface area contributed by atoms with E-state index in [1.54, 1.807) is 17.2 Å². The molecule has 10 heteroatoms. The molecule has 39 heavy (non-hydrogen) atoms. The molecule has 0 bridgehead atoms. The second-order valence-corrected chi connectivity index (χ2v) is 12.3. The summed E-state index contributed by atoms with van der Waals surface area (Å²) in [5, 5.41) is 15.5. The van der Waals surface area contributed by atoms with Gasteiger partial charge in [0.25, 0.3) is 0 Å². The van der Waals surface area contributed by atoms with Gasteiger partial charge >= 0.3 is 0 Å². The maximum atomic E-state index is 14.8. The van der Waals surface area contributed by atoms with Crippen LogP contribution >= 0.6 is 0 Å². The van der Waals surface area contributed by atoms with Crippen LogP contribution in [0.25, 0.3) is 10.8 Å². The summed E-state index contributed by atoms with van der Waals surface area (Å²) in [5.41, 5.74) is -0.326. The molecule has 0 aromatic carbocycles. The van der Waals surface area contributed by atoms with Crippen LogP contribution in [0.3, 0.4) is 0 Å². The van der Waals surface area contributed by atoms with E-state index in [9.17, 15) is 9.50 Å². The Bertz CT molecular complexity index is 1370. The molecular weight excluding hydrogens is 495 g/mol. The average Bonchev–Trinajstić information content (AvgIpc) is 2.84. The molecule has 3 aromatic heterocycles. The first-order chi connectivity index (χ1) is 18.6. The van der Waals surface area contributed by atoms with Crippen molar-refractivity contribution in [2.24, 2.45) is 0 Å². The molecule has 208 valence electrons. The second kappa shape index (κ2) is 9.52. The quantitative estimate of drug-likeness (QED) is 0.481. The molecule has 1 spiro atoms. The Balaban J connectivity index is 1.28. The van der Waals surface area contributed by atoms with Crippen LogP contribution in [0.1, 0.15) is 58.9 Å². The number of rotatable bonds is 6. The van der Waals surface area contributed by atoms with Crippen LogP contribution in [0.5, 0.6) is 0 Å². The van der Waals surface area contributed by atoms with Gasteiger partial charge in [-0.3, -0.25) is 4.90 Å². The Morgan fingerprint density at radius 2 is 1.82 bits per heavy atom. The molecule has 6 heterocycles. The maximum absolute atomic E-state index is 14.8. The van der Waals surface area contributed by atoms with Gasteiger partial charge in [-0.25, -0.2) is 19.3 Å². The number of likely N-dealkylation sites (tertiary alicyclic amines) is 1. The first-order valence-electron chi connectivity index (χ1n) is 14.1. The summed E-state index contributed by atoms with van der Waals surface area (Å²) in [4.78, 5) is 25.5. The summed E-state index contributed by atoms with van der Waals surface area (Å²) in [6, 6.07) is 4.43. The molecule has 0 aliphatic carbocycles. The predicted octanol–water partition coefficient (Wildman–Crippen LogP) is 4.26. The molecule has 6 rings (SSSR count). The number of aliphatic hydroxyl groups excluding tert-OH is 1. The highest BCUT2D eigenvalue weighted by atomic mass is 19.1. The van der Waals surface area contributed by atoms with E-state index in [0.717, 1.165) is 36.2 Å². The number of nitrogens with zero attached hydrogens (tertiary/aromatic N) is 7. The first-order valence-corrected chi connectivity index (χ1v) is 14.1. The van der Waals surface area contributed by atoms with Crippen LogP contribution in [0.4, 0.5) is 27.8 Å². The summed E-state index contributed by atoms with van der Waals surface area (Å²) in [6.45, 7) is 14.0. The number of aromatic nitrogens is 4. The van der Waals surface area contributed by atoms with E-state index in [1.807, 2.05) is 12.4 Å². The van der Waals surface area contributed by atoms with Crippen molar-refractivity contribution in [3.05, 3.63) is 36.3 Å². The van der Waals surface area contributed by atoms with Crippen molar-refractivity contribution in [1.29, 1.82) is 0 Å². The van der Waals surface area contributed by atoms with Gasteiger partial charge in [0.2, 0.25) is 5.95 Å². The molecular formula is C29H39FN8O. The number of fused-ring (bicyclic) bond motifs is 1. The minimum atomic E-state index is -1.70. The fourth-order valence-electron chi connectivity index (χ4n) is 6.17. The van der Waals surface area contributed by atoms with E-state index < -0.39 is 11.8 Å². The topological polar surface area (TPSA) is 93.5 Å². The number of nitrogens with one attached hydrogen (secondary N) is 1. The van der Waals surface area contributed by atoms with E-state index in [0.29, 0.717) is 42.5 Å². The molecule has 3 aliphatic heterocycles. The molecule has 0 amide bonds. The highest BCUT2D eigenvalue weighted by Gasteiger charge is 2.54. The lowest BCUT2D eigenvalue weighted by Gasteiger charge is -2.64. The van der Waals surface area contributed by atoms with Crippen LogP contribution in [-0.2, 0) is 0 Å². The summed E-state index contributed by atoms with van der Waals surface area (Å²) < 4.78 is 14.8. The van der Waals surface area contributed by atoms with Crippen molar-refractivity contribution in [3.8, 4) is 0 Å². The Kier molecular flexibility index (Phi) is 6.38. The molecule has 2 atom stereocenters. The third-order valence-electron chi connectivity index (χ3n) is 8.81. The van der Waals surface area contributed by atoms with E-state index in [-0.39, 0.29) is 12.1 Å². The summed E-state index contributed by atoms with van der Waals surface area (Å²) in [5.74, 6) is 3.04. The molecule has 0 unspecified atom stereocenters. The molecule has 3 saturated heterocycles. The van der Waals surface area contributed by atoms with Gasteiger partial charge in [0.05, 0.1) is 18.2 Å². The van der Waals surface area contributed by atoms with Crippen molar-refractivity contribution < 1.29 is 9.50 Å². The standard InChI is InChI=1S/C29H39FN8O/c1-18(2)21-13-33-26(38-11-8-29(38)16-37(17-29)19(3)4)22-14-32-25(12-20(21)22)34-24-6-9-31-27(35-24)36-10-7-23(39)28(5,30)15-36/h6,9,12-14,18-19,23,39H,7-8,10-11,15-17H2,1-5H3,(H,31,32,34,35)/t23-,28+/m1/s1. The Labute approximate surface area is 229 Å². The zero-order valence-electron chi connectivity index (χ0n) is 23.5. The van der Waals surface area contributed by atoms with Gasteiger partial charge in [0.1, 0.15) is 17.5 Å². The van der Waals surface area contributed by atoms with E-state index >= 15 is 0 Å². The first kappa shape index (κ1) is 26.1. The molecule has 9 nitrogen and oxygen atoms in total. The molecule has 3 aromatic rings. The van der Waals surface area contributed by atoms with Crippen molar-refractivity contribution >= 4 is 34.2 Å². The normalized spacial score (nSPS) is 24.9. The molecule has 3 fully saturated rings. The van der Waals surface area contributed by atoms with Crippen molar-refractivity contribution in [1.82, 2.24) is 24.8 Å². The smallest absolute Gasteiger partial charge is 0.227 e. The number of alkyl halides is 1. The number of hydrogen-bond donors (Lipinski definition) is 2. The van der Waals surface area contributed by atoms with E-state index in [2.05, 4.69) is 58.8 Å². The highest BCUT2D eigenvalue weighted by molar-refractivity contribution is 5.96. The Morgan fingerprint density at radius 3 is 2.49 bits per heavy atom. The van der Waals surface area contributed by atoms with Crippen LogP contribution in [0, 0.1) is 0 Å². The van der Waals surface area contributed by atoms with E-state index in [4.69, 9.17) is 9.97 Å². The van der Waals surface area contributed by atoms with Gasteiger partial charge in [-0.1, -0.05) is 13.8 Å². The summed E-state index contributed by atoms with van der Waals surface area (Å²) in [7, 11) is 0. The van der Waals surface area contributed by atoms with Crippen LogP contribution in [0.2, 0.25) is 0 Å². The van der Waals surface area contributed by atoms with Crippen LogP contribution in [-0.4, -0.2) is 86.0 Å². The lowest BCUT2D eigenvalue weighted by molar-refractivity contribution is -0.00860. The summed E-state index contributed by atoms with van der Waals surface area (Å²) in [6.07, 6.45) is 6.18. The van der Waals surface area contributed by atoms with E-state index in [1.165, 1.54) is 18.9 Å². The van der Waals surface area contributed by atoms with Gasteiger partial charge in [0, 0.05) is 56.2 Å². The third-order valence-corrected chi connectivity index (χ3v) is 8.81. The Hall–Kier alpha value is -3.11. The van der Waals surface area contributed by atoms with Crippen molar-refractivity contribution in [2.75, 3.05) is 47.8 Å². The highest BCUT2D eigenvalue weighted by Crippen LogP contribution is 2.45. The number of anilines is 4. The van der Waals surface area contributed by atoms with Crippen molar-refractivity contribution in [2.45, 2.75) is 76.7 Å². The molecule has 2 N–H and O–H groups in total. The number of piperidine rings is 1. The van der Waals surface area contributed by atoms with Crippen LogP contribution in [0.15, 0.2) is 30.7 Å². The fourth-order valence-corrected chi connectivity index (χ4v) is 6.17. The van der Waals surface area contributed by atoms with Gasteiger partial charge in [0.15, 0.2) is 5.67 Å². The van der Waals surface area contributed by atoms with Gasteiger partial charge in [-0.05, 0) is 62.6 Å². The SMILES string of the molecule is CC(C)c1cnc(N2CCC23CN(C(C)C)C3)c2cnc(Nc3ccnc(N4CC[C@@H](O)[C@@](C)(F)C4)n3)cc12. The lowest BCUT2D eigenvalue weighted by Crippen LogP contribution is -2.78. The number of pyridine rings is 2. The van der Waals surface area contributed by atoms with Crippen LogP contribution < -0.4 is 15.1 Å². The fraction of sp³-hybridized carbons (Fsp3) is 0.586. The zero-order valence-corrected chi connectivity index (χ0v) is 23.5. The molecule has 0 saturated carbocycles. The minimum Gasteiger partial charge on any atom is -0.390 e. The molecule has 0 radical (unpaired) electrons. The number of hydrogen-bond acceptors (Lipinski definition) is 9. The Morgan fingerprint density at radius 1 is 1.03 bits per heavy atom. The lowest BCUT2D eigenvalue weighted by atomic mass is 9.76. The van der Waals surface area contributed by atoms with Gasteiger partial charge in [-0.15, -0.1) is 0 Å². The van der Waals surface area contributed by atoms with Crippen molar-refractivity contribution in [3.63, 3.8) is 0 Å². The van der Waals surface area contributed by atoms with Gasteiger partial charge in [-0.2, -0.15) is 4.98 Å². The maximum Gasteiger partial charge on any atom is 0.227 e. The largest absolute Gasteiger partial charge is 0.390 e. The minimum absolute atomic E-state index is 0.0479. The predicted molar refractivity (Wildman–Crippen MR) is 153 cm³/mol. The third kappa shape index (κ3) is 4.57. The second-order valence-electron chi connectivity index (χ2n) is 12.3. The number of aliphatic hydroxyl groups is 1. The molecule has 3 aliphatic rings. The summed E-state index contributed by atoms with van der Waals surface area (Å²) >= 11 is 0. The average molecular weight is 535 g/mol. The van der Waals surface area contributed by atoms with Gasteiger partial charge < -0.3 is 20.2 Å². The zero-order chi connectivity index (χ0) is 27.5. The number of halogens is 1.